The second-order valence-electron chi connectivity index (χ2n) is 6.58. The number of benzene rings is 1. The number of hydrogen-bond acceptors (Lipinski definition) is 2. The summed E-state index contributed by atoms with van der Waals surface area (Å²) >= 11 is 0. The molecular formula is C20H30O2. The van der Waals surface area contributed by atoms with Crippen molar-refractivity contribution in [2.45, 2.75) is 71.1 Å². The monoisotopic (exact) mass is 302 g/mol. The van der Waals surface area contributed by atoms with E-state index < -0.39 is 0 Å². The minimum Gasteiger partial charge on any atom is -0.494 e. The minimum absolute atomic E-state index is 0.113. The fraction of sp³-hybridized carbons (Fsp3) is 0.650. The molecule has 2 heteroatoms. The van der Waals surface area contributed by atoms with Crippen molar-refractivity contribution >= 4 is 5.78 Å². The normalized spacial score (nSPS) is 21.8. The van der Waals surface area contributed by atoms with E-state index in [1.165, 1.54) is 37.7 Å². The molecule has 2 atom stereocenters. The van der Waals surface area contributed by atoms with Crippen molar-refractivity contribution in [1.29, 1.82) is 0 Å². The Balaban J connectivity index is 1.86. The first kappa shape index (κ1) is 17.1. The highest BCUT2D eigenvalue weighted by Gasteiger charge is 2.29. The molecule has 1 aromatic carbocycles. The summed E-state index contributed by atoms with van der Waals surface area (Å²) in [6.45, 7) is 5.19. The molecule has 0 amide bonds. The zero-order valence-electron chi connectivity index (χ0n) is 14.1. The van der Waals surface area contributed by atoms with Crippen LogP contribution in [0.2, 0.25) is 0 Å². The largest absolute Gasteiger partial charge is 0.494 e. The molecule has 2 rings (SSSR count). The maximum absolute atomic E-state index is 12.4. The SMILES string of the molecule is CCCCCOc1ccc([C@@H]2CC[C@@H](CCC)CC2=O)cc1. The molecule has 1 aromatic rings. The summed E-state index contributed by atoms with van der Waals surface area (Å²) in [5.41, 5.74) is 1.17. The van der Waals surface area contributed by atoms with E-state index in [4.69, 9.17) is 4.74 Å². The summed E-state index contributed by atoms with van der Waals surface area (Å²) in [6, 6.07) is 8.20. The van der Waals surface area contributed by atoms with Gasteiger partial charge in [-0.3, -0.25) is 4.79 Å². The van der Waals surface area contributed by atoms with Crippen molar-refractivity contribution in [3.63, 3.8) is 0 Å². The zero-order valence-corrected chi connectivity index (χ0v) is 14.1. The van der Waals surface area contributed by atoms with Crippen LogP contribution in [0.5, 0.6) is 5.75 Å². The van der Waals surface area contributed by atoms with Gasteiger partial charge in [0.15, 0.2) is 0 Å². The molecule has 1 aliphatic carbocycles. The lowest BCUT2D eigenvalue weighted by atomic mass is 9.76. The summed E-state index contributed by atoms with van der Waals surface area (Å²) in [6.07, 6.45) is 8.90. The number of unbranched alkanes of at least 4 members (excludes halogenated alkanes) is 2. The second kappa shape index (κ2) is 8.97. The molecule has 1 aliphatic rings. The first-order valence-electron chi connectivity index (χ1n) is 9.00. The number of hydrogen-bond donors (Lipinski definition) is 0. The lowest BCUT2D eigenvalue weighted by Crippen LogP contribution is -2.23. The molecule has 0 N–H and O–H groups in total. The molecule has 122 valence electrons. The van der Waals surface area contributed by atoms with Gasteiger partial charge in [0.25, 0.3) is 0 Å². The molecule has 1 fully saturated rings. The van der Waals surface area contributed by atoms with Crippen LogP contribution in [0.25, 0.3) is 0 Å². The van der Waals surface area contributed by atoms with E-state index in [0.717, 1.165) is 31.6 Å². The molecule has 0 radical (unpaired) electrons. The fourth-order valence-corrected chi connectivity index (χ4v) is 3.44. The second-order valence-corrected chi connectivity index (χ2v) is 6.58. The molecule has 1 saturated carbocycles. The van der Waals surface area contributed by atoms with Gasteiger partial charge in [-0.1, -0.05) is 51.7 Å². The Morgan fingerprint density at radius 2 is 1.82 bits per heavy atom. The molecule has 0 spiro atoms. The van der Waals surface area contributed by atoms with Crippen LogP contribution in [-0.4, -0.2) is 12.4 Å². The Bertz CT molecular complexity index is 449. The van der Waals surface area contributed by atoms with Gasteiger partial charge in [-0.25, -0.2) is 0 Å². The van der Waals surface area contributed by atoms with Crippen LogP contribution < -0.4 is 4.74 Å². The standard InChI is InChI=1S/C20H30O2/c1-3-5-6-14-22-18-11-9-17(10-12-18)19-13-8-16(7-4-2)15-20(19)21/h9-12,16,19H,3-8,13-15H2,1-2H3/t16-,19+/m1/s1. The van der Waals surface area contributed by atoms with Crippen LogP contribution in [0, 0.1) is 5.92 Å². The van der Waals surface area contributed by atoms with Crippen LogP contribution >= 0.6 is 0 Å². The van der Waals surface area contributed by atoms with E-state index >= 15 is 0 Å². The van der Waals surface area contributed by atoms with Gasteiger partial charge in [0.2, 0.25) is 0 Å². The van der Waals surface area contributed by atoms with E-state index in [2.05, 4.69) is 26.0 Å². The van der Waals surface area contributed by atoms with Gasteiger partial charge in [0.05, 0.1) is 6.61 Å². The number of Topliss-reactive ketones (excluding diaryl/α,β-unsaturated/α-hetero) is 1. The van der Waals surface area contributed by atoms with Crippen molar-refractivity contribution in [2.75, 3.05) is 6.61 Å². The maximum Gasteiger partial charge on any atom is 0.140 e. The first-order chi connectivity index (χ1) is 10.7. The molecule has 0 unspecified atom stereocenters. The Morgan fingerprint density at radius 1 is 1.05 bits per heavy atom. The van der Waals surface area contributed by atoms with Gasteiger partial charge < -0.3 is 4.74 Å². The van der Waals surface area contributed by atoms with Gasteiger partial charge in [0, 0.05) is 12.3 Å². The number of carbonyl (C=O) groups excluding carboxylic acids is 1. The lowest BCUT2D eigenvalue weighted by Gasteiger charge is -2.27. The maximum atomic E-state index is 12.4. The topological polar surface area (TPSA) is 26.3 Å². The zero-order chi connectivity index (χ0) is 15.8. The number of ether oxygens (including phenoxy) is 1. The van der Waals surface area contributed by atoms with Crippen LogP contribution in [0.4, 0.5) is 0 Å². The van der Waals surface area contributed by atoms with E-state index in [-0.39, 0.29) is 5.92 Å². The predicted octanol–water partition coefficient (Wildman–Crippen LogP) is 5.51. The smallest absolute Gasteiger partial charge is 0.140 e. The first-order valence-corrected chi connectivity index (χ1v) is 9.00. The van der Waals surface area contributed by atoms with Crippen molar-refractivity contribution in [3.05, 3.63) is 29.8 Å². The highest BCUT2D eigenvalue weighted by atomic mass is 16.5. The molecule has 0 saturated heterocycles. The van der Waals surface area contributed by atoms with E-state index in [1.54, 1.807) is 0 Å². The number of rotatable bonds is 8. The van der Waals surface area contributed by atoms with E-state index in [1.807, 2.05) is 12.1 Å². The summed E-state index contributed by atoms with van der Waals surface area (Å²) in [7, 11) is 0. The van der Waals surface area contributed by atoms with Crippen LogP contribution in [-0.2, 0) is 4.79 Å². The summed E-state index contributed by atoms with van der Waals surface area (Å²) in [5.74, 6) is 2.09. The Kier molecular flexibility index (Phi) is 6.95. The molecule has 0 aliphatic heterocycles. The molecule has 0 aromatic heterocycles. The van der Waals surface area contributed by atoms with E-state index in [9.17, 15) is 4.79 Å². The highest BCUT2D eigenvalue weighted by molar-refractivity contribution is 5.86. The van der Waals surface area contributed by atoms with Gasteiger partial charge in [0.1, 0.15) is 11.5 Å². The Morgan fingerprint density at radius 3 is 2.45 bits per heavy atom. The third-order valence-electron chi connectivity index (χ3n) is 4.74. The van der Waals surface area contributed by atoms with Crippen molar-refractivity contribution in [3.8, 4) is 5.75 Å². The average molecular weight is 302 g/mol. The molecule has 2 nitrogen and oxygen atoms in total. The summed E-state index contributed by atoms with van der Waals surface area (Å²) in [4.78, 5) is 12.4. The van der Waals surface area contributed by atoms with Crippen LogP contribution in [0.3, 0.4) is 0 Å². The van der Waals surface area contributed by atoms with Crippen LogP contribution in [0.1, 0.15) is 76.7 Å². The van der Waals surface area contributed by atoms with Gasteiger partial charge in [-0.05, 0) is 42.9 Å². The van der Waals surface area contributed by atoms with Crippen molar-refractivity contribution in [2.24, 2.45) is 5.92 Å². The third-order valence-corrected chi connectivity index (χ3v) is 4.74. The third kappa shape index (κ3) is 4.86. The Labute approximate surface area is 135 Å². The van der Waals surface area contributed by atoms with Crippen molar-refractivity contribution in [1.82, 2.24) is 0 Å². The molecular weight excluding hydrogens is 272 g/mol. The minimum atomic E-state index is 0.113. The quantitative estimate of drug-likeness (QED) is 0.592. The van der Waals surface area contributed by atoms with Crippen LogP contribution in [0.15, 0.2) is 24.3 Å². The predicted molar refractivity (Wildman–Crippen MR) is 91.5 cm³/mol. The molecule has 0 bridgehead atoms. The average Bonchev–Trinajstić information content (AvgIpc) is 2.53. The van der Waals surface area contributed by atoms with Crippen molar-refractivity contribution < 1.29 is 9.53 Å². The van der Waals surface area contributed by atoms with Gasteiger partial charge in [-0.2, -0.15) is 0 Å². The van der Waals surface area contributed by atoms with Gasteiger partial charge in [-0.15, -0.1) is 0 Å². The number of ketones is 1. The van der Waals surface area contributed by atoms with E-state index in [0.29, 0.717) is 11.7 Å². The Hall–Kier alpha value is -1.31. The molecule has 0 heterocycles. The molecule has 22 heavy (non-hydrogen) atoms. The number of carbonyl (C=O) groups is 1. The van der Waals surface area contributed by atoms with Gasteiger partial charge >= 0.3 is 0 Å². The highest BCUT2D eigenvalue weighted by Crippen LogP contribution is 2.35. The lowest BCUT2D eigenvalue weighted by molar-refractivity contribution is -0.123. The summed E-state index contributed by atoms with van der Waals surface area (Å²) in [5, 5.41) is 0. The fourth-order valence-electron chi connectivity index (χ4n) is 3.44. The summed E-state index contributed by atoms with van der Waals surface area (Å²) < 4.78 is 5.74.